The number of nitrogens with two attached hydrogens (primary N) is 1. The van der Waals surface area contributed by atoms with Gasteiger partial charge in [0.25, 0.3) is 0 Å². The summed E-state index contributed by atoms with van der Waals surface area (Å²) < 4.78 is 0. The molecule has 1 aliphatic carbocycles. The highest BCUT2D eigenvalue weighted by atomic mass is 16.1. The van der Waals surface area contributed by atoms with Crippen molar-refractivity contribution in [3.8, 4) is 0 Å². The van der Waals surface area contributed by atoms with Gasteiger partial charge >= 0.3 is 0 Å². The standard InChI is InChI=1S/C10H17NO/c1-8(10(11)12)7-9-5-3-2-4-6-9/h7,9H,2-6H2,1H3,(H2,11,12)/b8-7+. The Hall–Kier alpha value is -0.790. The van der Waals surface area contributed by atoms with Crippen molar-refractivity contribution in [3.63, 3.8) is 0 Å². The molecule has 0 unspecified atom stereocenters. The molecular weight excluding hydrogens is 150 g/mol. The van der Waals surface area contributed by atoms with Crippen LogP contribution in [0.1, 0.15) is 39.0 Å². The van der Waals surface area contributed by atoms with E-state index in [9.17, 15) is 4.79 Å². The van der Waals surface area contributed by atoms with E-state index in [2.05, 4.69) is 0 Å². The lowest BCUT2D eigenvalue weighted by atomic mass is 9.88. The minimum atomic E-state index is -0.277. The molecule has 0 atom stereocenters. The molecule has 0 saturated heterocycles. The smallest absolute Gasteiger partial charge is 0.244 e. The lowest BCUT2D eigenvalue weighted by molar-refractivity contribution is -0.114. The second kappa shape index (κ2) is 4.29. The molecule has 0 aromatic rings. The molecule has 0 radical (unpaired) electrons. The maximum absolute atomic E-state index is 10.7. The Labute approximate surface area is 73.8 Å². The van der Waals surface area contributed by atoms with Crippen molar-refractivity contribution in [1.82, 2.24) is 0 Å². The second-order valence-electron chi connectivity index (χ2n) is 3.61. The van der Waals surface area contributed by atoms with Gasteiger partial charge in [0.1, 0.15) is 0 Å². The fourth-order valence-electron chi connectivity index (χ4n) is 1.74. The Morgan fingerprint density at radius 2 is 1.92 bits per heavy atom. The van der Waals surface area contributed by atoms with Gasteiger partial charge in [-0.05, 0) is 25.7 Å². The molecule has 0 spiro atoms. The highest BCUT2D eigenvalue weighted by Gasteiger charge is 2.11. The van der Waals surface area contributed by atoms with Crippen molar-refractivity contribution in [2.45, 2.75) is 39.0 Å². The van der Waals surface area contributed by atoms with Crippen LogP contribution in [0.4, 0.5) is 0 Å². The first-order valence-corrected chi connectivity index (χ1v) is 4.68. The second-order valence-corrected chi connectivity index (χ2v) is 3.61. The van der Waals surface area contributed by atoms with Crippen LogP contribution < -0.4 is 5.73 Å². The van der Waals surface area contributed by atoms with E-state index in [1.807, 2.05) is 6.08 Å². The van der Waals surface area contributed by atoms with E-state index in [0.717, 1.165) is 5.57 Å². The van der Waals surface area contributed by atoms with Crippen LogP contribution in [0.15, 0.2) is 11.6 Å². The molecule has 0 heterocycles. The first-order valence-electron chi connectivity index (χ1n) is 4.68. The van der Waals surface area contributed by atoms with E-state index in [0.29, 0.717) is 5.92 Å². The van der Waals surface area contributed by atoms with Crippen molar-refractivity contribution in [2.24, 2.45) is 11.7 Å². The van der Waals surface area contributed by atoms with Crippen LogP contribution in [0, 0.1) is 5.92 Å². The molecule has 2 nitrogen and oxygen atoms in total. The zero-order chi connectivity index (χ0) is 8.97. The van der Waals surface area contributed by atoms with Crippen LogP contribution in [-0.4, -0.2) is 5.91 Å². The van der Waals surface area contributed by atoms with E-state index in [1.54, 1.807) is 6.92 Å². The van der Waals surface area contributed by atoms with Gasteiger partial charge in [-0.25, -0.2) is 0 Å². The Balaban J connectivity index is 2.47. The molecule has 1 saturated carbocycles. The Kier molecular flexibility index (Phi) is 3.32. The fourth-order valence-corrected chi connectivity index (χ4v) is 1.74. The summed E-state index contributed by atoms with van der Waals surface area (Å²) in [7, 11) is 0. The fraction of sp³-hybridized carbons (Fsp3) is 0.700. The highest BCUT2D eigenvalue weighted by molar-refractivity contribution is 5.91. The van der Waals surface area contributed by atoms with Crippen molar-refractivity contribution in [1.29, 1.82) is 0 Å². The third-order valence-electron chi connectivity index (χ3n) is 2.52. The average molecular weight is 167 g/mol. The van der Waals surface area contributed by atoms with Crippen LogP contribution >= 0.6 is 0 Å². The predicted molar refractivity (Wildman–Crippen MR) is 49.5 cm³/mol. The maximum atomic E-state index is 10.7. The third kappa shape index (κ3) is 2.68. The molecule has 0 aliphatic heterocycles. The van der Waals surface area contributed by atoms with Crippen LogP contribution in [-0.2, 0) is 4.79 Å². The largest absolute Gasteiger partial charge is 0.366 e. The van der Waals surface area contributed by atoms with E-state index in [4.69, 9.17) is 5.73 Å². The summed E-state index contributed by atoms with van der Waals surface area (Å²) in [6, 6.07) is 0. The Morgan fingerprint density at radius 3 is 2.42 bits per heavy atom. The first kappa shape index (κ1) is 9.30. The molecular formula is C10H17NO. The van der Waals surface area contributed by atoms with Crippen molar-refractivity contribution < 1.29 is 4.79 Å². The SMILES string of the molecule is C/C(=C\C1CCCCC1)C(N)=O. The molecule has 1 aliphatic rings. The van der Waals surface area contributed by atoms with Crippen molar-refractivity contribution >= 4 is 5.91 Å². The molecule has 2 N–H and O–H groups in total. The molecule has 1 fully saturated rings. The van der Waals surface area contributed by atoms with Gasteiger partial charge < -0.3 is 5.73 Å². The number of allylic oxidation sites excluding steroid dienone is 1. The average Bonchev–Trinajstić information content (AvgIpc) is 2.06. The first-order chi connectivity index (χ1) is 5.70. The van der Waals surface area contributed by atoms with Gasteiger partial charge in [0.15, 0.2) is 0 Å². The Bertz CT molecular complexity index is 190. The molecule has 12 heavy (non-hydrogen) atoms. The van der Waals surface area contributed by atoms with Crippen LogP contribution in [0.2, 0.25) is 0 Å². The van der Waals surface area contributed by atoms with Gasteiger partial charge in [-0.1, -0.05) is 25.3 Å². The van der Waals surface area contributed by atoms with Crippen molar-refractivity contribution in [2.75, 3.05) is 0 Å². The number of carbonyl (C=O) groups is 1. The topological polar surface area (TPSA) is 43.1 Å². The predicted octanol–water partition coefficient (Wildman–Crippen LogP) is 2.00. The van der Waals surface area contributed by atoms with Crippen LogP contribution in [0.3, 0.4) is 0 Å². The number of amides is 1. The summed E-state index contributed by atoms with van der Waals surface area (Å²) in [5.41, 5.74) is 5.87. The summed E-state index contributed by atoms with van der Waals surface area (Å²) in [6.07, 6.45) is 8.44. The van der Waals surface area contributed by atoms with E-state index in [1.165, 1.54) is 32.1 Å². The number of hydrogen-bond acceptors (Lipinski definition) is 1. The van der Waals surface area contributed by atoms with Crippen LogP contribution in [0.5, 0.6) is 0 Å². The van der Waals surface area contributed by atoms with Crippen LogP contribution in [0.25, 0.3) is 0 Å². The third-order valence-corrected chi connectivity index (χ3v) is 2.52. The van der Waals surface area contributed by atoms with Crippen molar-refractivity contribution in [3.05, 3.63) is 11.6 Å². The van der Waals surface area contributed by atoms with E-state index >= 15 is 0 Å². The highest BCUT2D eigenvalue weighted by Crippen LogP contribution is 2.25. The van der Waals surface area contributed by atoms with Gasteiger partial charge in [-0.15, -0.1) is 0 Å². The zero-order valence-electron chi connectivity index (χ0n) is 7.68. The van der Waals surface area contributed by atoms with Gasteiger partial charge in [0.2, 0.25) is 5.91 Å². The minimum absolute atomic E-state index is 0.277. The quantitative estimate of drug-likeness (QED) is 0.628. The summed E-state index contributed by atoms with van der Waals surface area (Å²) >= 11 is 0. The maximum Gasteiger partial charge on any atom is 0.244 e. The number of rotatable bonds is 2. The summed E-state index contributed by atoms with van der Waals surface area (Å²) in [4.78, 5) is 10.7. The molecule has 2 heteroatoms. The van der Waals surface area contributed by atoms with E-state index < -0.39 is 0 Å². The number of primary amides is 1. The molecule has 0 aromatic carbocycles. The minimum Gasteiger partial charge on any atom is -0.366 e. The summed E-state index contributed by atoms with van der Waals surface area (Å²) in [5.74, 6) is 0.326. The molecule has 1 rings (SSSR count). The van der Waals surface area contributed by atoms with Gasteiger partial charge in [-0.3, -0.25) is 4.79 Å². The lowest BCUT2D eigenvalue weighted by Gasteiger charge is -2.18. The lowest BCUT2D eigenvalue weighted by Crippen LogP contribution is -2.13. The summed E-state index contributed by atoms with van der Waals surface area (Å²) in [5, 5.41) is 0. The molecule has 68 valence electrons. The van der Waals surface area contributed by atoms with Gasteiger partial charge in [0, 0.05) is 5.57 Å². The molecule has 0 aromatic heterocycles. The van der Waals surface area contributed by atoms with Gasteiger partial charge in [-0.2, -0.15) is 0 Å². The Morgan fingerprint density at radius 1 is 1.33 bits per heavy atom. The zero-order valence-corrected chi connectivity index (χ0v) is 7.68. The van der Waals surface area contributed by atoms with E-state index in [-0.39, 0.29) is 5.91 Å². The van der Waals surface area contributed by atoms with Gasteiger partial charge in [0.05, 0.1) is 0 Å². The monoisotopic (exact) mass is 167 g/mol. The summed E-state index contributed by atoms with van der Waals surface area (Å²) in [6.45, 7) is 1.80. The number of carbonyl (C=O) groups excluding carboxylic acids is 1. The normalized spacial score (nSPS) is 20.9. The molecule has 1 amide bonds. The molecule has 0 bridgehead atoms. The number of hydrogen-bond donors (Lipinski definition) is 1.